The lowest BCUT2D eigenvalue weighted by atomic mass is 9.96. The maximum absolute atomic E-state index is 11.8. The molecule has 0 bridgehead atoms. The molecule has 17 heavy (non-hydrogen) atoms. The van der Waals surface area contributed by atoms with Crippen LogP contribution in [0.15, 0.2) is 0 Å². The zero-order valence-electron chi connectivity index (χ0n) is 11.0. The number of hydrogen-bond donors (Lipinski definition) is 1. The molecule has 1 aliphatic carbocycles. The summed E-state index contributed by atoms with van der Waals surface area (Å²) in [5, 5.41) is 11.8. The van der Waals surface area contributed by atoms with E-state index in [1.165, 1.54) is 38.5 Å². The van der Waals surface area contributed by atoms with Gasteiger partial charge in [0, 0.05) is 6.42 Å². The van der Waals surface area contributed by atoms with Gasteiger partial charge in [-0.3, -0.25) is 4.79 Å². The Morgan fingerprint density at radius 3 is 2.35 bits per heavy atom. The smallest absolute Gasteiger partial charge is 0.221 e. The lowest BCUT2D eigenvalue weighted by molar-refractivity contribution is -0.122. The van der Waals surface area contributed by atoms with Crippen LogP contribution in [0.4, 0.5) is 0 Å². The quantitative estimate of drug-likeness (QED) is 0.763. The standard InChI is InChI=1S/C14H24N2O/c1-11(2)13(10-15)16-14(17)9-12-7-5-3-4-6-8-12/h11-13H,3-9H2,1-2H3,(H,16,17). The van der Waals surface area contributed by atoms with Gasteiger partial charge in [0.15, 0.2) is 0 Å². The number of nitrogens with zero attached hydrogens (tertiary/aromatic N) is 1. The maximum atomic E-state index is 11.8. The van der Waals surface area contributed by atoms with Crippen LogP contribution in [0, 0.1) is 23.2 Å². The highest BCUT2D eigenvalue weighted by Gasteiger charge is 2.19. The molecule has 1 saturated carbocycles. The topological polar surface area (TPSA) is 52.9 Å². The molecule has 3 nitrogen and oxygen atoms in total. The van der Waals surface area contributed by atoms with Crippen molar-refractivity contribution < 1.29 is 4.79 Å². The Kier molecular flexibility index (Phi) is 6.04. The molecule has 0 aromatic carbocycles. The Hall–Kier alpha value is -1.04. The van der Waals surface area contributed by atoms with Gasteiger partial charge in [0.05, 0.1) is 6.07 Å². The monoisotopic (exact) mass is 236 g/mol. The number of amides is 1. The van der Waals surface area contributed by atoms with Crippen molar-refractivity contribution in [3.8, 4) is 6.07 Å². The second kappa shape index (κ2) is 7.32. The van der Waals surface area contributed by atoms with Gasteiger partial charge in [0.1, 0.15) is 6.04 Å². The van der Waals surface area contributed by atoms with Crippen LogP contribution in [0.25, 0.3) is 0 Å². The van der Waals surface area contributed by atoms with Crippen molar-refractivity contribution in [3.05, 3.63) is 0 Å². The van der Waals surface area contributed by atoms with Gasteiger partial charge in [-0.15, -0.1) is 0 Å². The summed E-state index contributed by atoms with van der Waals surface area (Å²) in [6.45, 7) is 3.92. The van der Waals surface area contributed by atoms with E-state index in [0.29, 0.717) is 12.3 Å². The van der Waals surface area contributed by atoms with Crippen LogP contribution in [-0.4, -0.2) is 11.9 Å². The number of rotatable bonds is 4. The molecule has 0 heterocycles. The van der Waals surface area contributed by atoms with E-state index in [9.17, 15) is 4.79 Å². The molecule has 0 spiro atoms. The first-order chi connectivity index (χ1) is 8.13. The number of hydrogen-bond acceptors (Lipinski definition) is 2. The minimum atomic E-state index is -0.340. The van der Waals surface area contributed by atoms with Gasteiger partial charge < -0.3 is 5.32 Å². The molecular formula is C14H24N2O. The summed E-state index contributed by atoms with van der Waals surface area (Å²) in [5.74, 6) is 0.763. The third kappa shape index (κ3) is 5.21. The normalized spacial score (nSPS) is 19.4. The van der Waals surface area contributed by atoms with E-state index in [1.54, 1.807) is 0 Å². The molecule has 1 fully saturated rings. The Balaban J connectivity index is 2.35. The van der Waals surface area contributed by atoms with Crippen molar-refractivity contribution in [2.24, 2.45) is 11.8 Å². The van der Waals surface area contributed by atoms with E-state index >= 15 is 0 Å². The zero-order chi connectivity index (χ0) is 12.7. The number of carbonyl (C=O) groups is 1. The number of carbonyl (C=O) groups excluding carboxylic acids is 1. The molecule has 0 aromatic rings. The molecule has 1 amide bonds. The van der Waals surface area contributed by atoms with E-state index in [-0.39, 0.29) is 17.9 Å². The largest absolute Gasteiger partial charge is 0.340 e. The Bertz CT molecular complexity index is 272. The van der Waals surface area contributed by atoms with E-state index in [1.807, 2.05) is 13.8 Å². The first-order valence-electron chi connectivity index (χ1n) is 6.82. The highest BCUT2D eigenvalue weighted by Crippen LogP contribution is 2.25. The van der Waals surface area contributed by atoms with Crippen molar-refractivity contribution in [3.63, 3.8) is 0 Å². The summed E-state index contributed by atoms with van der Waals surface area (Å²) < 4.78 is 0. The lowest BCUT2D eigenvalue weighted by Gasteiger charge is -2.18. The molecule has 0 aromatic heterocycles. The molecule has 1 atom stereocenters. The summed E-state index contributed by atoms with van der Waals surface area (Å²) in [7, 11) is 0. The van der Waals surface area contributed by atoms with Crippen molar-refractivity contribution in [2.75, 3.05) is 0 Å². The Labute approximate surface area is 105 Å². The van der Waals surface area contributed by atoms with Crippen molar-refractivity contribution in [1.82, 2.24) is 5.32 Å². The third-order valence-electron chi connectivity index (χ3n) is 3.57. The number of nitrogens with one attached hydrogen (secondary N) is 1. The molecular weight excluding hydrogens is 212 g/mol. The van der Waals surface area contributed by atoms with Crippen molar-refractivity contribution in [2.45, 2.75) is 64.8 Å². The van der Waals surface area contributed by atoms with Gasteiger partial charge in [-0.05, 0) is 24.7 Å². The zero-order valence-corrected chi connectivity index (χ0v) is 11.0. The molecule has 96 valence electrons. The molecule has 0 saturated heterocycles. The van der Waals surface area contributed by atoms with Gasteiger partial charge >= 0.3 is 0 Å². The van der Waals surface area contributed by atoms with Crippen LogP contribution < -0.4 is 5.32 Å². The second-order valence-corrected chi connectivity index (χ2v) is 5.48. The van der Waals surface area contributed by atoms with Crippen molar-refractivity contribution >= 4 is 5.91 Å². The first-order valence-corrected chi connectivity index (χ1v) is 6.82. The maximum Gasteiger partial charge on any atom is 0.221 e. The minimum Gasteiger partial charge on any atom is -0.340 e. The van der Waals surface area contributed by atoms with Gasteiger partial charge in [-0.25, -0.2) is 0 Å². The van der Waals surface area contributed by atoms with Crippen LogP contribution >= 0.6 is 0 Å². The highest BCUT2D eigenvalue weighted by molar-refractivity contribution is 5.76. The molecule has 3 heteroatoms. The summed E-state index contributed by atoms with van der Waals surface area (Å²) in [4.78, 5) is 11.8. The SMILES string of the molecule is CC(C)C(C#N)NC(=O)CC1CCCCCC1. The summed E-state index contributed by atoms with van der Waals surface area (Å²) in [6.07, 6.45) is 8.08. The molecule has 1 rings (SSSR count). The summed E-state index contributed by atoms with van der Waals surface area (Å²) in [6, 6.07) is 1.81. The molecule has 0 radical (unpaired) electrons. The van der Waals surface area contributed by atoms with Gasteiger partial charge in [-0.2, -0.15) is 5.26 Å². The first kappa shape index (κ1) is 14.0. The fraction of sp³-hybridized carbons (Fsp3) is 0.857. The summed E-state index contributed by atoms with van der Waals surface area (Å²) in [5.41, 5.74) is 0. The van der Waals surface area contributed by atoms with Gasteiger partial charge in [-0.1, -0.05) is 39.5 Å². The highest BCUT2D eigenvalue weighted by atomic mass is 16.1. The van der Waals surface area contributed by atoms with E-state index in [2.05, 4.69) is 11.4 Å². The van der Waals surface area contributed by atoms with E-state index in [4.69, 9.17) is 5.26 Å². The third-order valence-corrected chi connectivity index (χ3v) is 3.57. The Morgan fingerprint density at radius 1 is 1.29 bits per heavy atom. The predicted molar refractivity (Wildman–Crippen MR) is 68.2 cm³/mol. The predicted octanol–water partition coefficient (Wildman–Crippen LogP) is 3.01. The average molecular weight is 236 g/mol. The van der Waals surface area contributed by atoms with Crippen LogP contribution in [0.5, 0.6) is 0 Å². The number of nitriles is 1. The fourth-order valence-corrected chi connectivity index (χ4v) is 2.41. The lowest BCUT2D eigenvalue weighted by Crippen LogP contribution is -2.38. The Morgan fingerprint density at radius 2 is 1.88 bits per heavy atom. The molecule has 1 unspecified atom stereocenters. The molecule has 0 aliphatic heterocycles. The minimum absolute atomic E-state index is 0.0529. The van der Waals surface area contributed by atoms with Gasteiger partial charge in [0.25, 0.3) is 0 Å². The van der Waals surface area contributed by atoms with Gasteiger partial charge in [0.2, 0.25) is 5.91 Å². The second-order valence-electron chi connectivity index (χ2n) is 5.48. The van der Waals surface area contributed by atoms with Crippen molar-refractivity contribution in [1.29, 1.82) is 5.26 Å². The molecule has 1 aliphatic rings. The molecule has 1 N–H and O–H groups in total. The van der Waals surface area contributed by atoms with Crippen LogP contribution in [0.3, 0.4) is 0 Å². The van der Waals surface area contributed by atoms with Crippen LogP contribution in [0.1, 0.15) is 58.8 Å². The van der Waals surface area contributed by atoms with E-state index in [0.717, 1.165) is 0 Å². The van der Waals surface area contributed by atoms with Crippen LogP contribution in [0.2, 0.25) is 0 Å². The van der Waals surface area contributed by atoms with E-state index < -0.39 is 0 Å². The fourth-order valence-electron chi connectivity index (χ4n) is 2.41. The van der Waals surface area contributed by atoms with Crippen LogP contribution in [-0.2, 0) is 4.79 Å². The average Bonchev–Trinajstić information content (AvgIpc) is 2.54. The summed E-state index contributed by atoms with van der Waals surface area (Å²) >= 11 is 0.